The Balaban J connectivity index is 2.52. The van der Waals surface area contributed by atoms with Gasteiger partial charge in [-0.3, -0.25) is 5.41 Å². The van der Waals surface area contributed by atoms with Crippen molar-refractivity contribution in [1.29, 1.82) is 5.41 Å². The summed E-state index contributed by atoms with van der Waals surface area (Å²) in [7, 11) is 4.08. The molecule has 0 aromatic heterocycles. The van der Waals surface area contributed by atoms with Crippen molar-refractivity contribution in [3.05, 3.63) is 29.8 Å². The van der Waals surface area contributed by atoms with E-state index in [0.29, 0.717) is 5.84 Å². The van der Waals surface area contributed by atoms with Gasteiger partial charge in [0, 0.05) is 38.3 Å². The molecule has 0 spiro atoms. The molecule has 0 radical (unpaired) electrons. The van der Waals surface area contributed by atoms with Crippen molar-refractivity contribution in [3.8, 4) is 0 Å². The second-order valence-electron chi connectivity index (χ2n) is 5.49. The Labute approximate surface area is 123 Å². The first-order valence-corrected chi connectivity index (χ1v) is 7.40. The van der Waals surface area contributed by atoms with Crippen molar-refractivity contribution < 1.29 is 0 Å². The predicted octanol–water partition coefficient (Wildman–Crippen LogP) is 4.31. The number of anilines is 1. The van der Waals surface area contributed by atoms with Crippen molar-refractivity contribution in [2.75, 3.05) is 19.0 Å². The monoisotopic (exact) mass is 273 g/mol. The molecular weight excluding hydrogens is 246 g/mol. The first kappa shape index (κ1) is 16.4. The van der Waals surface area contributed by atoms with E-state index in [1.54, 1.807) is 0 Å². The summed E-state index contributed by atoms with van der Waals surface area (Å²) in [5.41, 5.74) is 3.47. The average Bonchev–Trinajstić information content (AvgIpc) is 2.39. The van der Waals surface area contributed by atoms with E-state index >= 15 is 0 Å². The first-order chi connectivity index (χ1) is 9.52. The van der Waals surface area contributed by atoms with Gasteiger partial charge in [-0.05, 0) is 31.0 Å². The lowest BCUT2D eigenvalue weighted by atomic mass is 10.1. The maximum atomic E-state index is 7.86. The molecule has 0 unspecified atom stereocenters. The molecule has 0 amide bonds. The van der Waals surface area contributed by atoms with Gasteiger partial charge in [-0.2, -0.15) is 0 Å². The molecule has 0 aliphatic rings. The van der Waals surface area contributed by atoms with Crippen LogP contribution in [0.25, 0.3) is 0 Å². The van der Waals surface area contributed by atoms with Crippen LogP contribution in [0.1, 0.15) is 45.1 Å². The lowest BCUT2D eigenvalue weighted by Gasteiger charge is -2.12. The number of nitrogens with zero attached hydrogens (tertiary/aromatic N) is 2. The Kier molecular flexibility index (Phi) is 6.99. The fourth-order valence-electron chi connectivity index (χ4n) is 2.08. The Morgan fingerprint density at radius 3 is 2.35 bits per heavy atom. The summed E-state index contributed by atoms with van der Waals surface area (Å²) in [6.45, 7) is 4.18. The summed E-state index contributed by atoms with van der Waals surface area (Å²) in [6.07, 6.45) is 5.06. The minimum absolute atomic E-state index is 0.515. The van der Waals surface area contributed by atoms with Crippen LogP contribution in [0.4, 0.5) is 5.69 Å². The van der Waals surface area contributed by atoms with Crippen LogP contribution >= 0.6 is 0 Å². The highest BCUT2D eigenvalue weighted by molar-refractivity contribution is 5.96. The van der Waals surface area contributed by atoms with Crippen molar-refractivity contribution >= 4 is 17.2 Å². The molecule has 0 saturated heterocycles. The molecule has 3 nitrogen and oxygen atoms in total. The number of amidine groups is 1. The van der Waals surface area contributed by atoms with E-state index in [-0.39, 0.29) is 0 Å². The molecule has 0 atom stereocenters. The fourth-order valence-corrected chi connectivity index (χ4v) is 2.08. The van der Waals surface area contributed by atoms with Gasteiger partial charge in [0.1, 0.15) is 5.84 Å². The smallest absolute Gasteiger partial charge is 0.120 e. The summed E-state index contributed by atoms with van der Waals surface area (Å²) in [4.78, 5) is 6.48. The van der Waals surface area contributed by atoms with Gasteiger partial charge in [0.2, 0.25) is 0 Å². The third-order valence-corrected chi connectivity index (χ3v) is 3.26. The number of aliphatic imine (C=N–C) groups is 1. The molecule has 3 heteroatoms. The topological polar surface area (TPSA) is 39.5 Å². The summed E-state index contributed by atoms with van der Waals surface area (Å²) < 4.78 is 0. The molecule has 20 heavy (non-hydrogen) atoms. The predicted molar refractivity (Wildman–Crippen MR) is 89.5 cm³/mol. The molecular formula is C17H27N3. The Bertz CT molecular complexity index is 444. The lowest BCUT2D eigenvalue weighted by molar-refractivity contribution is 0.738. The molecule has 0 aliphatic carbocycles. The summed E-state index contributed by atoms with van der Waals surface area (Å²) in [6, 6.07) is 8.51. The van der Waals surface area contributed by atoms with Gasteiger partial charge < -0.3 is 4.90 Å². The van der Waals surface area contributed by atoms with Crippen LogP contribution in [0.2, 0.25) is 0 Å². The van der Waals surface area contributed by atoms with Gasteiger partial charge in [-0.25, -0.2) is 4.99 Å². The second-order valence-corrected chi connectivity index (χ2v) is 5.49. The van der Waals surface area contributed by atoms with E-state index in [4.69, 9.17) is 5.41 Å². The zero-order valence-corrected chi connectivity index (χ0v) is 13.2. The second kappa shape index (κ2) is 8.51. The van der Waals surface area contributed by atoms with Crippen LogP contribution in [0.5, 0.6) is 0 Å². The van der Waals surface area contributed by atoms with Gasteiger partial charge in [-0.15, -0.1) is 0 Å². The van der Waals surface area contributed by atoms with Gasteiger partial charge in [0.05, 0.1) is 0 Å². The SMILES string of the molecule is CCCCCC(=N)N=C(C)Cc1ccc(N(C)C)cc1. The minimum atomic E-state index is 0.515. The Hall–Kier alpha value is -1.64. The number of nitrogens with one attached hydrogen (secondary N) is 1. The number of hydrogen-bond donors (Lipinski definition) is 1. The van der Waals surface area contributed by atoms with E-state index in [9.17, 15) is 0 Å². The summed E-state index contributed by atoms with van der Waals surface area (Å²) in [5.74, 6) is 0.515. The van der Waals surface area contributed by atoms with Crippen LogP contribution in [0.3, 0.4) is 0 Å². The molecule has 0 bridgehead atoms. The van der Waals surface area contributed by atoms with Crippen LogP contribution in [-0.2, 0) is 6.42 Å². The Morgan fingerprint density at radius 1 is 1.15 bits per heavy atom. The lowest BCUT2D eigenvalue weighted by Crippen LogP contribution is -2.08. The summed E-state index contributed by atoms with van der Waals surface area (Å²) in [5, 5.41) is 7.86. The quantitative estimate of drug-likeness (QED) is 0.449. The van der Waals surface area contributed by atoms with E-state index in [1.807, 2.05) is 21.0 Å². The Morgan fingerprint density at radius 2 is 1.80 bits per heavy atom. The molecule has 1 rings (SSSR count). The molecule has 110 valence electrons. The van der Waals surface area contributed by atoms with Crippen LogP contribution in [0, 0.1) is 5.41 Å². The zero-order valence-electron chi connectivity index (χ0n) is 13.2. The fraction of sp³-hybridized carbons (Fsp3) is 0.529. The molecule has 1 aromatic carbocycles. The highest BCUT2D eigenvalue weighted by Gasteiger charge is 2.00. The molecule has 0 saturated carbocycles. The third-order valence-electron chi connectivity index (χ3n) is 3.26. The molecule has 0 aliphatic heterocycles. The average molecular weight is 273 g/mol. The first-order valence-electron chi connectivity index (χ1n) is 7.40. The van der Waals surface area contributed by atoms with E-state index in [1.165, 1.54) is 24.1 Å². The van der Waals surface area contributed by atoms with Gasteiger partial charge >= 0.3 is 0 Å². The van der Waals surface area contributed by atoms with Gasteiger partial charge in [0.15, 0.2) is 0 Å². The van der Waals surface area contributed by atoms with E-state index in [0.717, 1.165) is 25.0 Å². The maximum absolute atomic E-state index is 7.86. The molecule has 0 fully saturated rings. The largest absolute Gasteiger partial charge is 0.378 e. The number of benzene rings is 1. The molecule has 0 heterocycles. The van der Waals surface area contributed by atoms with E-state index in [2.05, 4.69) is 41.1 Å². The van der Waals surface area contributed by atoms with Crippen LogP contribution in [0.15, 0.2) is 29.3 Å². The standard InChI is InChI=1S/C17H27N3/c1-5-6-7-8-17(18)19-14(2)13-15-9-11-16(12-10-15)20(3)4/h9-12,18H,5-8,13H2,1-4H3. The maximum Gasteiger partial charge on any atom is 0.120 e. The number of rotatable bonds is 7. The van der Waals surface area contributed by atoms with Crippen molar-refractivity contribution in [1.82, 2.24) is 0 Å². The molecule has 1 aromatic rings. The highest BCUT2D eigenvalue weighted by Crippen LogP contribution is 2.13. The minimum Gasteiger partial charge on any atom is -0.378 e. The number of unbranched alkanes of at least 4 members (excludes halogenated alkanes) is 2. The normalized spacial score (nSPS) is 11.5. The van der Waals surface area contributed by atoms with Crippen LogP contribution in [-0.4, -0.2) is 25.6 Å². The van der Waals surface area contributed by atoms with Gasteiger partial charge in [0.25, 0.3) is 0 Å². The van der Waals surface area contributed by atoms with Crippen LogP contribution < -0.4 is 4.90 Å². The van der Waals surface area contributed by atoms with E-state index < -0.39 is 0 Å². The molecule has 1 N–H and O–H groups in total. The van der Waals surface area contributed by atoms with Crippen molar-refractivity contribution in [3.63, 3.8) is 0 Å². The zero-order chi connectivity index (χ0) is 15.0. The third kappa shape index (κ3) is 6.00. The van der Waals surface area contributed by atoms with Crippen molar-refractivity contribution in [2.24, 2.45) is 4.99 Å². The highest BCUT2D eigenvalue weighted by atomic mass is 15.1. The van der Waals surface area contributed by atoms with Crippen molar-refractivity contribution in [2.45, 2.75) is 46.0 Å². The van der Waals surface area contributed by atoms with Gasteiger partial charge in [-0.1, -0.05) is 31.9 Å². The summed E-state index contributed by atoms with van der Waals surface area (Å²) >= 11 is 0. The number of hydrogen-bond acceptors (Lipinski definition) is 2.